The third kappa shape index (κ3) is 2.73. The minimum absolute atomic E-state index is 0.328. The van der Waals surface area contributed by atoms with Crippen molar-refractivity contribution < 1.29 is 0 Å². The molecule has 1 saturated heterocycles. The molecule has 1 N–H and O–H groups in total. The fourth-order valence-corrected chi connectivity index (χ4v) is 6.67. The monoisotopic (exact) mass is 477 g/mol. The first kappa shape index (κ1) is 17.4. The first-order valence-electron chi connectivity index (χ1n) is 9.84. The molecule has 1 aromatic carbocycles. The van der Waals surface area contributed by atoms with Crippen molar-refractivity contribution in [1.29, 1.82) is 0 Å². The maximum Gasteiger partial charge on any atom is 0.124 e. The van der Waals surface area contributed by atoms with Crippen LogP contribution in [0.15, 0.2) is 34.9 Å². The van der Waals surface area contributed by atoms with Crippen LogP contribution in [0.5, 0.6) is 0 Å². The summed E-state index contributed by atoms with van der Waals surface area (Å²) in [5.41, 5.74) is 3.65. The van der Waals surface area contributed by atoms with Crippen molar-refractivity contribution >= 4 is 32.1 Å². The Morgan fingerprint density at radius 3 is 2.46 bits per heavy atom. The lowest BCUT2D eigenvalue weighted by atomic mass is 9.51. The second-order valence-electron chi connectivity index (χ2n) is 8.53. The molecule has 0 radical (unpaired) electrons. The molecular weight excluding hydrogens is 454 g/mol. The van der Waals surface area contributed by atoms with Gasteiger partial charge in [-0.3, -0.25) is 0 Å². The zero-order valence-electron chi connectivity index (χ0n) is 15.0. The van der Waals surface area contributed by atoms with Crippen molar-refractivity contribution in [3.63, 3.8) is 0 Å². The summed E-state index contributed by atoms with van der Waals surface area (Å²) >= 11 is 7.35. The van der Waals surface area contributed by atoms with Crippen LogP contribution in [0.2, 0.25) is 0 Å². The molecule has 1 atom stereocenters. The SMILES string of the molecule is Brc1cccc(C23CCC(c4cnc(C5CCCN5Br)[nH]4)(CC2)CC3)c1. The second-order valence-corrected chi connectivity index (χ2v) is 10.4. The van der Waals surface area contributed by atoms with Gasteiger partial charge in [0.15, 0.2) is 0 Å². The van der Waals surface area contributed by atoms with Gasteiger partial charge in [-0.2, -0.15) is 0 Å². The molecule has 2 heterocycles. The average Bonchev–Trinajstić information content (AvgIpc) is 3.32. The predicted molar refractivity (Wildman–Crippen MR) is 111 cm³/mol. The minimum atomic E-state index is 0.328. The lowest BCUT2D eigenvalue weighted by molar-refractivity contribution is 0.0988. The Hall–Kier alpha value is -0.650. The standard InChI is InChI=1S/C21H25Br2N3/c22-16-4-1-3-15(13-16)20-6-9-21(10-7-20,11-8-20)18-14-24-19(25-18)17-5-2-12-26(17)23/h1,3-4,13-14,17H,2,5-12H2,(H,24,25). The van der Waals surface area contributed by atoms with E-state index in [0.29, 0.717) is 16.9 Å². The van der Waals surface area contributed by atoms with E-state index < -0.39 is 0 Å². The van der Waals surface area contributed by atoms with Crippen molar-refractivity contribution in [1.82, 2.24) is 13.9 Å². The number of imidazole rings is 1. The van der Waals surface area contributed by atoms with Gasteiger partial charge in [0.2, 0.25) is 0 Å². The molecule has 26 heavy (non-hydrogen) atoms. The molecule has 3 saturated carbocycles. The summed E-state index contributed by atoms with van der Waals surface area (Å²) in [5, 5.41) is 0. The molecular formula is C21H25Br2N3. The maximum atomic E-state index is 4.79. The number of hydrogen-bond acceptors (Lipinski definition) is 2. The van der Waals surface area contributed by atoms with Crippen LogP contribution < -0.4 is 0 Å². The van der Waals surface area contributed by atoms with E-state index in [9.17, 15) is 0 Å². The summed E-state index contributed by atoms with van der Waals surface area (Å²) in [5.74, 6) is 1.15. The Bertz CT molecular complexity index is 791. The van der Waals surface area contributed by atoms with E-state index >= 15 is 0 Å². The van der Waals surface area contributed by atoms with Crippen LogP contribution in [-0.2, 0) is 10.8 Å². The van der Waals surface area contributed by atoms with Crippen LogP contribution in [0.3, 0.4) is 0 Å². The Morgan fingerprint density at radius 2 is 1.81 bits per heavy atom. The number of nitrogens with zero attached hydrogens (tertiary/aromatic N) is 2. The number of nitrogens with one attached hydrogen (secondary N) is 1. The largest absolute Gasteiger partial charge is 0.344 e. The van der Waals surface area contributed by atoms with Gasteiger partial charge in [-0.25, -0.2) is 8.91 Å². The van der Waals surface area contributed by atoms with E-state index in [-0.39, 0.29) is 0 Å². The smallest absolute Gasteiger partial charge is 0.124 e. The van der Waals surface area contributed by atoms with Gasteiger partial charge in [0.05, 0.1) is 6.04 Å². The van der Waals surface area contributed by atoms with Gasteiger partial charge < -0.3 is 4.98 Å². The predicted octanol–water partition coefficient (Wildman–Crippen LogP) is 6.16. The van der Waals surface area contributed by atoms with Gasteiger partial charge in [-0.15, -0.1) is 0 Å². The molecule has 4 fully saturated rings. The van der Waals surface area contributed by atoms with Gasteiger partial charge in [0, 0.05) is 44.5 Å². The zero-order chi connectivity index (χ0) is 17.8. The summed E-state index contributed by atoms with van der Waals surface area (Å²) in [7, 11) is 0. The van der Waals surface area contributed by atoms with Crippen LogP contribution in [0.25, 0.3) is 0 Å². The fraction of sp³-hybridized carbons (Fsp3) is 0.571. The molecule has 1 aromatic heterocycles. The molecule has 2 bridgehead atoms. The lowest BCUT2D eigenvalue weighted by Crippen LogP contribution is -2.46. The van der Waals surface area contributed by atoms with E-state index in [2.05, 4.69) is 71.4 Å². The van der Waals surface area contributed by atoms with Gasteiger partial charge >= 0.3 is 0 Å². The van der Waals surface area contributed by atoms with Crippen LogP contribution in [0.1, 0.15) is 74.5 Å². The molecule has 3 aliphatic carbocycles. The van der Waals surface area contributed by atoms with Crippen LogP contribution in [-0.4, -0.2) is 20.4 Å². The number of aromatic amines is 1. The van der Waals surface area contributed by atoms with E-state index in [4.69, 9.17) is 4.98 Å². The van der Waals surface area contributed by atoms with Crippen molar-refractivity contribution in [2.45, 2.75) is 68.2 Å². The first-order valence-corrected chi connectivity index (χ1v) is 11.3. The van der Waals surface area contributed by atoms with Gasteiger partial charge in [0.1, 0.15) is 5.82 Å². The third-order valence-electron chi connectivity index (χ3n) is 7.35. The van der Waals surface area contributed by atoms with Crippen molar-refractivity contribution in [2.24, 2.45) is 0 Å². The van der Waals surface area contributed by atoms with E-state index in [1.165, 1.54) is 67.1 Å². The molecule has 138 valence electrons. The third-order valence-corrected chi connectivity index (χ3v) is 8.70. The molecule has 0 amide bonds. The van der Waals surface area contributed by atoms with E-state index in [1.54, 1.807) is 0 Å². The van der Waals surface area contributed by atoms with Crippen LogP contribution >= 0.6 is 32.1 Å². The van der Waals surface area contributed by atoms with E-state index in [1.807, 2.05) is 0 Å². The highest BCUT2D eigenvalue weighted by molar-refractivity contribution is 9.10. The molecule has 4 aliphatic rings. The number of fused-ring (bicyclic) bond motifs is 3. The number of halogens is 2. The Kier molecular flexibility index (Phi) is 4.33. The van der Waals surface area contributed by atoms with Gasteiger partial charge in [-0.1, -0.05) is 28.1 Å². The van der Waals surface area contributed by atoms with Gasteiger partial charge in [-0.05, 0) is 74.5 Å². The summed E-state index contributed by atoms with van der Waals surface area (Å²) in [6, 6.07) is 9.42. The molecule has 3 nitrogen and oxygen atoms in total. The quantitative estimate of drug-likeness (QED) is 0.535. The molecule has 0 spiro atoms. The molecule has 1 unspecified atom stereocenters. The first-order chi connectivity index (χ1) is 12.6. The number of rotatable bonds is 3. The highest BCUT2D eigenvalue weighted by atomic mass is 79.9. The number of aromatic nitrogens is 2. The molecule has 5 heteroatoms. The molecule has 2 aromatic rings. The Morgan fingerprint density at radius 1 is 1.08 bits per heavy atom. The summed E-state index contributed by atoms with van der Waals surface area (Å²) in [4.78, 5) is 8.53. The zero-order valence-corrected chi connectivity index (χ0v) is 18.2. The van der Waals surface area contributed by atoms with Crippen molar-refractivity contribution in [2.75, 3.05) is 6.54 Å². The fourth-order valence-electron chi connectivity index (χ4n) is 5.62. The molecule has 6 rings (SSSR count). The highest BCUT2D eigenvalue weighted by Crippen LogP contribution is 2.58. The van der Waals surface area contributed by atoms with Crippen LogP contribution in [0, 0.1) is 0 Å². The summed E-state index contributed by atoms with van der Waals surface area (Å²) in [6.45, 7) is 1.11. The normalized spacial score (nSPS) is 34.5. The Balaban J connectivity index is 1.38. The number of hydrogen-bond donors (Lipinski definition) is 1. The number of H-pyrrole nitrogens is 1. The average molecular weight is 479 g/mol. The maximum absolute atomic E-state index is 4.79. The lowest BCUT2D eigenvalue weighted by Gasteiger charge is -2.53. The summed E-state index contributed by atoms with van der Waals surface area (Å²) < 4.78 is 3.47. The van der Waals surface area contributed by atoms with E-state index in [0.717, 1.165) is 12.4 Å². The number of benzene rings is 1. The van der Waals surface area contributed by atoms with Crippen molar-refractivity contribution in [3.8, 4) is 0 Å². The molecule has 1 aliphatic heterocycles. The highest BCUT2D eigenvalue weighted by Gasteiger charge is 2.50. The minimum Gasteiger partial charge on any atom is -0.344 e. The topological polar surface area (TPSA) is 31.9 Å². The second kappa shape index (κ2) is 6.46. The van der Waals surface area contributed by atoms with Crippen molar-refractivity contribution in [3.05, 3.63) is 52.0 Å². The Labute approximate surface area is 172 Å². The van der Waals surface area contributed by atoms with Crippen LogP contribution in [0.4, 0.5) is 0 Å². The van der Waals surface area contributed by atoms with Gasteiger partial charge in [0.25, 0.3) is 0 Å². The summed E-state index contributed by atoms with van der Waals surface area (Å²) in [6.07, 6.45) is 12.3.